The molecule has 0 aliphatic carbocycles. The first-order chi connectivity index (χ1) is 10.2. The summed E-state index contributed by atoms with van der Waals surface area (Å²) < 4.78 is 5.04. The minimum atomic E-state index is 0.162. The number of hydrogen-bond donors (Lipinski definition) is 1. The van der Waals surface area contributed by atoms with Gasteiger partial charge in [0.1, 0.15) is 0 Å². The van der Waals surface area contributed by atoms with Gasteiger partial charge in [0.2, 0.25) is 5.91 Å². The Morgan fingerprint density at radius 3 is 2.38 bits per heavy atom. The maximum atomic E-state index is 11.3. The van der Waals surface area contributed by atoms with E-state index in [2.05, 4.69) is 17.1 Å². The van der Waals surface area contributed by atoms with Crippen molar-refractivity contribution in [2.24, 2.45) is 4.99 Å². The number of rotatable bonds is 7. The molecule has 0 spiro atoms. The Hall–Kier alpha value is -1.30. The lowest BCUT2D eigenvalue weighted by Crippen LogP contribution is -2.53. The van der Waals surface area contributed by atoms with Crippen LogP contribution in [-0.4, -0.2) is 74.7 Å². The van der Waals surface area contributed by atoms with Gasteiger partial charge in [0.05, 0.1) is 0 Å². The van der Waals surface area contributed by atoms with E-state index in [4.69, 9.17) is 9.73 Å². The van der Waals surface area contributed by atoms with Crippen molar-refractivity contribution in [1.29, 1.82) is 0 Å². The van der Waals surface area contributed by atoms with Gasteiger partial charge in [0.15, 0.2) is 5.96 Å². The molecule has 1 fully saturated rings. The Balaban J connectivity index is 2.36. The third-order valence-corrected chi connectivity index (χ3v) is 3.63. The molecule has 1 aliphatic heterocycles. The Bertz CT molecular complexity index is 326. The predicted octanol–water partition coefficient (Wildman–Crippen LogP) is 0.933. The van der Waals surface area contributed by atoms with Crippen molar-refractivity contribution in [3.63, 3.8) is 0 Å². The monoisotopic (exact) mass is 298 g/mol. The number of nitrogens with zero attached hydrogens (tertiary/aromatic N) is 3. The molecule has 1 aliphatic rings. The zero-order valence-corrected chi connectivity index (χ0v) is 13.7. The smallest absolute Gasteiger partial charge is 0.219 e. The average molecular weight is 298 g/mol. The number of carbonyl (C=O) groups excluding carboxylic acids is 1. The highest BCUT2D eigenvalue weighted by Crippen LogP contribution is 2.03. The van der Waals surface area contributed by atoms with Gasteiger partial charge in [-0.3, -0.25) is 9.79 Å². The molecular formula is C15H30N4O2. The summed E-state index contributed by atoms with van der Waals surface area (Å²) in [4.78, 5) is 20.2. The van der Waals surface area contributed by atoms with Crippen LogP contribution >= 0.6 is 0 Å². The highest BCUT2D eigenvalue weighted by molar-refractivity contribution is 5.80. The first-order valence-electron chi connectivity index (χ1n) is 7.96. The van der Waals surface area contributed by atoms with E-state index in [0.29, 0.717) is 0 Å². The van der Waals surface area contributed by atoms with Crippen molar-refractivity contribution < 1.29 is 9.53 Å². The van der Waals surface area contributed by atoms with Crippen molar-refractivity contribution >= 4 is 11.9 Å². The third kappa shape index (κ3) is 6.80. The fourth-order valence-corrected chi connectivity index (χ4v) is 2.38. The average Bonchev–Trinajstić information content (AvgIpc) is 2.49. The van der Waals surface area contributed by atoms with Gasteiger partial charge in [0.25, 0.3) is 0 Å². The van der Waals surface area contributed by atoms with E-state index < -0.39 is 0 Å². The number of hydrogen-bond acceptors (Lipinski definition) is 3. The van der Waals surface area contributed by atoms with Crippen LogP contribution in [0.4, 0.5) is 0 Å². The van der Waals surface area contributed by atoms with Crippen molar-refractivity contribution in [1.82, 2.24) is 15.1 Å². The summed E-state index contributed by atoms with van der Waals surface area (Å²) in [5, 5.41) is 3.35. The quantitative estimate of drug-likeness (QED) is 0.432. The SMILES string of the molecule is CCNC(=NCCCCCOC)N1CCN(C(C)=O)CC1. The van der Waals surface area contributed by atoms with Gasteiger partial charge >= 0.3 is 0 Å². The van der Waals surface area contributed by atoms with Crippen LogP contribution in [0.1, 0.15) is 33.1 Å². The van der Waals surface area contributed by atoms with E-state index in [0.717, 1.165) is 71.1 Å². The molecular weight excluding hydrogens is 268 g/mol. The van der Waals surface area contributed by atoms with Crippen molar-refractivity contribution in [2.45, 2.75) is 33.1 Å². The largest absolute Gasteiger partial charge is 0.385 e. The first-order valence-corrected chi connectivity index (χ1v) is 7.96. The maximum Gasteiger partial charge on any atom is 0.219 e. The second-order valence-corrected chi connectivity index (χ2v) is 5.28. The Morgan fingerprint density at radius 2 is 1.81 bits per heavy atom. The van der Waals surface area contributed by atoms with Crippen LogP contribution in [0.25, 0.3) is 0 Å². The van der Waals surface area contributed by atoms with Crippen LogP contribution in [0.3, 0.4) is 0 Å². The molecule has 6 nitrogen and oxygen atoms in total. The Labute approximate surface area is 128 Å². The number of carbonyl (C=O) groups is 1. The van der Waals surface area contributed by atoms with Gasteiger partial charge in [-0.1, -0.05) is 0 Å². The third-order valence-electron chi connectivity index (χ3n) is 3.63. The summed E-state index contributed by atoms with van der Waals surface area (Å²) >= 11 is 0. The summed E-state index contributed by atoms with van der Waals surface area (Å²) in [6, 6.07) is 0. The minimum absolute atomic E-state index is 0.162. The Kier molecular flexibility index (Phi) is 8.82. The zero-order valence-electron chi connectivity index (χ0n) is 13.7. The highest BCUT2D eigenvalue weighted by Gasteiger charge is 2.20. The summed E-state index contributed by atoms with van der Waals surface area (Å²) in [6.07, 6.45) is 3.33. The molecule has 6 heteroatoms. The van der Waals surface area contributed by atoms with Crippen LogP contribution < -0.4 is 5.32 Å². The minimum Gasteiger partial charge on any atom is -0.385 e. The van der Waals surface area contributed by atoms with E-state index in [9.17, 15) is 4.79 Å². The van der Waals surface area contributed by atoms with E-state index in [1.54, 1.807) is 14.0 Å². The Morgan fingerprint density at radius 1 is 1.14 bits per heavy atom. The number of unbranched alkanes of at least 4 members (excludes halogenated alkanes) is 2. The molecule has 1 rings (SSSR count). The lowest BCUT2D eigenvalue weighted by molar-refractivity contribution is -0.130. The standard InChI is InChI=1S/C15H30N4O2/c1-4-16-15(17-8-6-5-7-13-21-3)19-11-9-18(10-12-19)14(2)20/h4-13H2,1-3H3,(H,16,17). The molecule has 1 heterocycles. The van der Waals surface area contributed by atoms with Crippen LogP contribution in [0.15, 0.2) is 4.99 Å². The lowest BCUT2D eigenvalue weighted by atomic mass is 10.2. The van der Waals surface area contributed by atoms with E-state index >= 15 is 0 Å². The lowest BCUT2D eigenvalue weighted by Gasteiger charge is -2.36. The van der Waals surface area contributed by atoms with Crippen molar-refractivity contribution in [2.75, 3.05) is 53.0 Å². The number of nitrogens with one attached hydrogen (secondary N) is 1. The molecule has 1 saturated heterocycles. The zero-order chi connectivity index (χ0) is 15.5. The number of aliphatic imine (C=N–C) groups is 1. The van der Waals surface area contributed by atoms with E-state index in [1.165, 1.54) is 0 Å². The number of piperazine rings is 1. The van der Waals surface area contributed by atoms with Crippen LogP contribution in [0.5, 0.6) is 0 Å². The van der Waals surface area contributed by atoms with Gasteiger partial charge in [0, 0.05) is 59.9 Å². The van der Waals surface area contributed by atoms with Gasteiger partial charge in [-0.25, -0.2) is 0 Å². The number of guanidine groups is 1. The number of methoxy groups -OCH3 is 1. The summed E-state index contributed by atoms with van der Waals surface area (Å²) in [6.45, 7) is 9.55. The molecule has 0 aromatic carbocycles. The van der Waals surface area contributed by atoms with E-state index in [-0.39, 0.29) is 5.91 Å². The molecule has 0 atom stereocenters. The highest BCUT2D eigenvalue weighted by atomic mass is 16.5. The van der Waals surface area contributed by atoms with Crippen LogP contribution in [-0.2, 0) is 9.53 Å². The maximum absolute atomic E-state index is 11.3. The molecule has 122 valence electrons. The summed E-state index contributed by atoms with van der Waals surface area (Å²) in [5.41, 5.74) is 0. The van der Waals surface area contributed by atoms with Crippen LogP contribution in [0, 0.1) is 0 Å². The molecule has 0 radical (unpaired) electrons. The second-order valence-electron chi connectivity index (χ2n) is 5.28. The van der Waals surface area contributed by atoms with Crippen LogP contribution in [0.2, 0.25) is 0 Å². The van der Waals surface area contributed by atoms with Gasteiger partial charge in [-0.05, 0) is 26.2 Å². The number of amides is 1. The molecule has 0 bridgehead atoms. The molecule has 0 unspecified atom stereocenters. The molecule has 0 saturated carbocycles. The van der Waals surface area contributed by atoms with Gasteiger partial charge in [-0.2, -0.15) is 0 Å². The second kappa shape index (κ2) is 10.4. The molecule has 21 heavy (non-hydrogen) atoms. The number of ether oxygens (including phenoxy) is 1. The summed E-state index contributed by atoms with van der Waals surface area (Å²) in [7, 11) is 1.74. The predicted molar refractivity (Wildman–Crippen MR) is 85.5 cm³/mol. The fraction of sp³-hybridized carbons (Fsp3) is 0.867. The van der Waals surface area contributed by atoms with Gasteiger partial charge in [-0.15, -0.1) is 0 Å². The molecule has 0 aromatic rings. The molecule has 1 amide bonds. The van der Waals surface area contributed by atoms with Crippen molar-refractivity contribution in [3.8, 4) is 0 Å². The normalized spacial score (nSPS) is 16.2. The molecule has 1 N–H and O–H groups in total. The fourth-order valence-electron chi connectivity index (χ4n) is 2.38. The van der Waals surface area contributed by atoms with Crippen molar-refractivity contribution in [3.05, 3.63) is 0 Å². The summed E-state index contributed by atoms with van der Waals surface area (Å²) in [5.74, 6) is 1.14. The molecule has 0 aromatic heterocycles. The van der Waals surface area contributed by atoms with E-state index in [1.807, 2.05) is 4.90 Å². The first kappa shape index (κ1) is 17.8. The topological polar surface area (TPSA) is 57.2 Å². The van der Waals surface area contributed by atoms with Gasteiger partial charge < -0.3 is 19.9 Å².